The van der Waals surface area contributed by atoms with Gasteiger partial charge in [-0.25, -0.2) is 5.43 Å². The largest absolute Gasteiger partial charge is 0.299 e. The van der Waals surface area contributed by atoms with E-state index in [1.54, 1.807) is 0 Å². The molecular formula is C15H17N3O4. The molecule has 1 saturated carbocycles. The zero-order valence-corrected chi connectivity index (χ0v) is 12.5. The summed E-state index contributed by atoms with van der Waals surface area (Å²) in [5.74, 6) is -0.438. The second-order valence-corrected chi connectivity index (χ2v) is 6.16. The van der Waals surface area contributed by atoms with Crippen LogP contribution in [-0.4, -0.2) is 22.3 Å². The standard InChI is InChI=1S/C15H17N3O4/c1-15(2)8-11(7-13(19)9-15)16-17-14(20)10-4-3-5-12(6-10)18(21)22/h3-6H,7-9H2,1-2H3,(H,17,20). The minimum Gasteiger partial charge on any atom is -0.299 e. The van der Waals surface area contributed by atoms with Crippen LogP contribution < -0.4 is 5.43 Å². The first-order chi connectivity index (χ1) is 10.3. The Morgan fingerprint density at radius 3 is 2.73 bits per heavy atom. The summed E-state index contributed by atoms with van der Waals surface area (Å²) in [5.41, 5.74) is 2.82. The minimum atomic E-state index is -0.564. The van der Waals surface area contributed by atoms with Crippen molar-refractivity contribution in [2.24, 2.45) is 10.5 Å². The van der Waals surface area contributed by atoms with Crippen LogP contribution in [0.3, 0.4) is 0 Å². The normalized spacial score (nSPS) is 19.0. The Kier molecular flexibility index (Phi) is 4.35. The van der Waals surface area contributed by atoms with E-state index < -0.39 is 10.8 Å². The Balaban J connectivity index is 2.09. The number of rotatable bonds is 3. The van der Waals surface area contributed by atoms with Crippen molar-refractivity contribution in [3.63, 3.8) is 0 Å². The van der Waals surface area contributed by atoms with Crippen LogP contribution in [0.5, 0.6) is 0 Å². The molecule has 1 amide bonds. The molecule has 0 heterocycles. The number of carbonyl (C=O) groups excluding carboxylic acids is 2. The summed E-state index contributed by atoms with van der Waals surface area (Å²) < 4.78 is 0. The number of carbonyl (C=O) groups is 2. The van der Waals surface area contributed by atoms with Gasteiger partial charge in [-0.05, 0) is 17.9 Å². The lowest BCUT2D eigenvalue weighted by Gasteiger charge is -2.28. The van der Waals surface area contributed by atoms with Gasteiger partial charge in [0, 0.05) is 36.2 Å². The maximum atomic E-state index is 12.0. The zero-order chi connectivity index (χ0) is 16.3. The first kappa shape index (κ1) is 15.8. The SMILES string of the molecule is CC1(C)CC(=O)CC(=NNC(=O)c2cccc([N+](=O)[O-])c2)C1. The van der Waals surface area contributed by atoms with Gasteiger partial charge in [0.25, 0.3) is 11.6 Å². The van der Waals surface area contributed by atoms with E-state index in [9.17, 15) is 19.7 Å². The molecule has 1 aliphatic carbocycles. The molecule has 1 aliphatic rings. The lowest BCUT2D eigenvalue weighted by atomic mass is 9.76. The molecule has 7 heteroatoms. The molecule has 2 rings (SSSR count). The van der Waals surface area contributed by atoms with Gasteiger partial charge < -0.3 is 0 Å². The molecule has 1 fully saturated rings. The molecule has 0 aliphatic heterocycles. The molecule has 0 radical (unpaired) electrons. The molecule has 0 saturated heterocycles. The number of nitrogens with zero attached hydrogens (tertiary/aromatic N) is 2. The molecule has 0 spiro atoms. The molecule has 0 atom stereocenters. The van der Waals surface area contributed by atoms with Crippen LogP contribution in [0.25, 0.3) is 0 Å². The molecule has 0 aromatic heterocycles. The Morgan fingerprint density at radius 2 is 2.09 bits per heavy atom. The molecule has 1 aromatic carbocycles. The van der Waals surface area contributed by atoms with E-state index in [-0.39, 0.29) is 28.9 Å². The highest BCUT2D eigenvalue weighted by molar-refractivity contribution is 6.05. The number of nitro groups is 1. The number of non-ortho nitro benzene ring substituents is 1. The molecule has 22 heavy (non-hydrogen) atoms. The Bertz CT molecular complexity index is 665. The van der Waals surface area contributed by atoms with Crippen molar-refractivity contribution >= 4 is 23.1 Å². The molecule has 116 valence electrons. The second kappa shape index (κ2) is 6.05. The van der Waals surface area contributed by atoms with Crippen molar-refractivity contribution in [3.8, 4) is 0 Å². The summed E-state index contributed by atoms with van der Waals surface area (Å²) in [5, 5.41) is 14.7. The fourth-order valence-electron chi connectivity index (χ4n) is 2.54. The van der Waals surface area contributed by atoms with Gasteiger partial charge in [0.2, 0.25) is 0 Å². The van der Waals surface area contributed by atoms with Crippen LogP contribution in [0.4, 0.5) is 5.69 Å². The van der Waals surface area contributed by atoms with Crippen LogP contribution in [0, 0.1) is 15.5 Å². The van der Waals surface area contributed by atoms with Crippen LogP contribution >= 0.6 is 0 Å². The monoisotopic (exact) mass is 303 g/mol. The van der Waals surface area contributed by atoms with Gasteiger partial charge in [0.1, 0.15) is 5.78 Å². The zero-order valence-electron chi connectivity index (χ0n) is 12.5. The predicted molar refractivity (Wildman–Crippen MR) is 80.6 cm³/mol. The third-order valence-corrected chi connectivity index (χ3v) is 3.39. The lowest BCUT2D eigenvalue weighted by molar-refractivity contribution is -0.384. The van der Waals surface area contributed by atoms with Gasteiger partial charge in [0.05, 0.1) is 4.92 Å². The highest BCUT2D eigenvalue weighted by atomic mass is 16.6. The van der Waals surface area contributed by atoms with Crippen molar-refractivity contribution in [2.45, 2.75) is 33.1 Å². The van der Waals surface area contributed by atoms with Crippen LogP contribution in [0.15, 0.2) is 29.4 Å². The number of ketones is 1. The molecular weight excluding hydrogens is 286 g/mol. The van der Waals surface area contributed by atoms with E-state index in [1.165, 1.54) is 24.3 Å². The number of Topliss-reactive ketones (excluding diaryl/α,β-unsaturated/α-hetero) is 1. The first-order valence-electron chi connectivity index (χ1n) is 6.89. The average molecular weight is 303 g/mol. The maximum absolute atomic E-state index is 12.0. The topological polar surface area (TPSA) is 102 Å². The molecule has 7 nitrogen and oxygen atoms in total. The Labute approximate surface area is 127 Å². The van der Waals surface area contributed by atoms with Gasteiger partial charge >= 0.3 is 0 Å². The van der Waals surface area contributed by atoms with Crippen molar-refractivity contribution in [3.05, 3.63) is 39.9 Å². The van der Waals surface area contributed by atoms with Crippen LogP contribution in [-0.2, 0) is 4.79 Å². The summed E-state index contributed by atoms with van der Waals surface area (Å²) in [6.07, 6.45) is 1.37. The predicted octanol–water partition coefficient (Wildman–Crippen LogP) is 2.46. The Morgan fingerprint density at radius 1 is 1.36 bits per heavy atom. The van der Waals surface area contributed by atoms with Crippen molar-refractivity contribution in [2.75, 3.05) is 0 Å². The molecule has 1 aromatic rings. The number of amides is 1. The summed E-state index contributed by atoms with van der Waals surface area (Å²) in [6, 6.07) is 5.41. The minimum absolute atomic E-state index is 0.0968. The Hall–Kier alpha value is -2.57. The van der Waals surface area contributed by atoms with Gasteiger partial charge in [-0.15, -0.1) is 0 Å². The summed E-state index contributed by atoms with van der Waals surface area (Å²) in [4.78, 5) is 33.8. The lowest BCUT2D eigenvalue weighted by Crippen LogP contribution is -2.31. The van der Waals surface area contributed by atoms with Gasteiger partial charge in [0.15, 0.2) is 0 Å². The molecule has 0 bridgehead atoms. The smallest absolute Gasteiger partial charge is 0.271 e. The van der Waals surface area contributed by atoms with Crippen molar-refractivity contribution in [1.29, 1.82) is 0 Å². The third-order valence-electron chi connectivity index (χ3n) is 3.39. The van der Waals surface area contributed by atoms with E-state index in [1.807, 2.05) is 13.8 Å². The number of hydrogen-bond donors (Lipinski definition) is 1. The maximum Gasteiger partial charge on any atom is 0.271 e. The summed E-state index contributed by atoms with van der Waals surface area (Å²) in [7, 11) is 0. The third kappa shape index (κ3) is 3.97. The number of benzene rings is 1. The second-order valence-electron chi connectivity index (χ2n) is 6.16. The highest BCUT2D eigenvalue weighted by Gasteiger charge is 2.30. The fourth-order valence-corrected chi connectivity index (χ4v) is 2.54. The van der Waals surface area contributed by atoms with Crippen LogP contribution in [0.2, 0.25) is 0 Å². The van der Waals surface area contributed by atoms with Gasteiger partial charge in [-0.2, -0.15) is 5.10 Å². The van der Waals surface area contributed by atoms with E-state index in [0.717, 1.165) is 0 Å². The summed E-state index contributed by atoms with van der Waals surface area (Å²) >= 11 is 0. The first-order valence-corrected chi connectivity index (χ1v) is 6.89. The van der Waals surface area contributed by atoms with E-state index in [2.05, 4.69) is 10.5 Å². The number of nitro benzene ring substituents is 1. The van der Waals surface area contributed by atoms with E-state index in [4.69, 9.17) is 0 Å². The van der Waals surface area contributed by atoms with Gasteiger partial charge in [-0.1, -0.05) is 19.9 Å². The highest BCUT2D eigenvalue weighted by Crippen LogP contribution is 2.31. The number of hydrazone groups is 1. The van der Waals surface area contributed by atoms with Gasteiger partial charge in [-0.3, -0.25) is 19.7 Å². The fraction of sp³-hybridized carbons (Fsp3) is 0.400. The van der Waals surface area contributed by atoms with E-state index >= 15 is 0 Å². The number of nitrogens with one attached hydrogen (secondary N) is 1. The van der Waals surface area contributed by atoms with Crippen molar-refractivity contribution in [1.82, 2.24) is 5.43 Å². The molecule has 0 unspecified atom stereocenters. The average Bonchev–Trinajstić information content (AvgIpc) is 2.42. The summed E-state index contributed by atoms with van der Waals surface area (Å²) in [6.45, 7) is 3.95. The van der Waals surface area contributed by atoms with Crippen molar-refractivity contribution < 1.29 is 14.5 Å². The quantitative estimate of drug-likeness (QED) is 0.684. The number of hydrogen-bond acceptors (Lipinski definition) is 5. The molecule has 1 N–H and O–H groups in total. The van der Waals surface area contributed by atoms with Crippen LogP contribution in [0.1, 0.15) is 43.5 Å². The van der Waals surface area contributed by atoms with E-state index in [0.29, 0.717) is 18.6 Å².